The zero-order valence-corrected chi connectivity index (χ0v) is 16.8. The first-order valence-corrected chi connectivity index (χ1v) is 10.2. The lowest BCUT2D eigenvalue weighted by Crippen LogP contribution is -2.26. The van der Waals surface area contributed by atoms with E-state index in [1.54, 1.807) is 37.3 Å². The molecule has 2 N–H and O–H groups in total. The van der Waals surface area contributed by atoms with E-state index in [9.17, 15) is 14.4 Å². The number of benzene rings is 2. The second kappa shape index (κ2) is 8.45. The van der Waals surface area contributed by atoms with E-state index in [2.05, 4.69) is 15.3 Å². The van der Waals surface area contributed by atoms with Gasteiger partial charge in [-0.3, -0.25) is 24.7 Å². The van der Waals surface area contributed by atoms with Gasteiger partial charge in [0.25, 0.3) is 5.56 Å². The van der Waals surface area contributed by atoms with E-state index in [4.69, 9.17) is 0 Å². The molecule has 0 fully saturated rings. The van der Waals surface area contributed by atoms with Crippen LogP contribution in [-0.2, 0) is 17.6 Å². The monoisotopic (exact) mass is 401 g/mol. The minimum Gasteiger partial charge on any atom is -0.296 e. The summed E-state index contributed by atoms with van der Waals surface area (Å²) in [4.78, 5) is 44.9. The summed E-state index contributed by atoms with van der Waals surface area (Å²) in [6, 6.07) is 16.1. The minimum absolute atomic E-state index is 0.0919. The number of fused-ring (bicyclic) bond motifs is 1. The van der Waals surface area contributed by atoms with Crippen molar-refractivity contribution in [1.29, 1.82) is 0 Å². The molecule has 0 radical (unpaired) electrons. The number of hydrogen-bond acceptors (Lipinski definition) is 4. The Bertz CT molecular complexity index is 1150. The Hall–Kier alpha value is -3.54. The molecule has 0 spiro atoms. The van der Waals surface area contributed by atoms with Crippen molar-refractivity contribution in [1.82, 2.24) is 9.97 Å². The minimum atomic E-state index is -0.519. The van der Waals surface area contributed by atoms with Gasteiger partial charge in [-0.15, -0.1) is 0 Å². The molecule has 1 heterocycles. The van der Waals surface area contributed by atoms with Crippen molar-refractivity contribution in [2.45, 2.75) is 38.5 Å². The standard InChI is InChI=1S/C24H23N3O3/c1-15(17-10-7-11-18(14-17)21(28)16-8-3-2-4-9-16)22(29)26-24-25-20-13-6-5-12-19(20)23(30)27-24/h2-4,7-11,14-15H,5-6,12-13H2,1H3,(H2,25,26,27,29,30). The summed E-state index contributed by atoms with van der Waals surface area (Å²) < 4.78 is 0. The van der Waals surface area contributed by atoms with Crippen molar-refractivity contribution in [2.75, 3.05) is 5.32 Å². The fourth-order valence-electron chi connectivity index (χ4n) is 3.74. The number of rotatable bonds is 5. The number of amides is 1. The summed E-state index contributed by atoms with van der Waals surface area (Å²) in [6.45, 7) is 1.76. The maximum atomic E-state index is 12.8. The highest BCUT2D eigenvalue weighted by molar-refractivity contribution is 6.09. The van der Waals surface area contributed by atoms with Gasteiger partial charge in [0.15, 0.2) is 5.78 Å². The highest BCUT2D eigenvalue weighted by Crippen LogP contribution is 2.21. The Morgan fingerprint density at radius 2 is 1.73 bits per heavy atom. The first-order chi connectivity index (χ1) is 14.5. The van der Waals surface area contributed by atoms with Crippen molar-refractivity contribution in [3.63, 3.8) is 0 Å². The summed E-state index contributed by atoms with van der Waals surface area (Å²) in [5.41, 5.74) is 3.15. The average Bonchev–Trinajstić information content (AvgIpc) is 2.78. The van der Waals surface area contributed by atoms with Crippen LogP contribution in [0.3, 0.4) is 0 Å². The topological polar surface area (TPSA) is 91.9 Å². The largest absolute Gasteiger partial charge is 0.296 e. The first-order valence-electron chi connectivity index (χ1n) is 10.2. The Kier molecular flexibility index (Phi) is 5.57. The number of aromatic amines is 1. The molecule has 1 aliphatic rings. The molecule has 2 aromatic carbocycles. The molecule has 152 valence electrons. The van der Waals surface area contributed by atoms with Crippen molar-refractivity contribution in [3.8, 4) is 0 Å². The van der Waals surface area contributed by atoms with Gasteiger partial charge in [0.1, 0.15) is 0 Å². The molecule has 0 saturated heterocycles. The number of aryl methyl sites for hydroxylation is 1. The van der Waals surface area contributed by atoms with Crippen molar-refractivity contribution < 1.29 is 9.59 Å². The van der Waals surface area contributed by atoms with Crippen LogP contribution in [0.5, 0.6) is 0 Å². The highest BCUT2D eigenvalue weighted by atomic mass is 16.2. The lowest BCUT2D eigenvalue weighted by molar-refractivity contribution is -0.117. The van der Waals surface area contributed by atoms with E-state index in [1.807, 2.05) is 24.3 Å². The molecular formula is C24H23N3O3. The van der Waals surface area contributed by atoms with Gasteiger partial charge in [-0.1, -0.05) is 48.5 Å². The quantitative estimate of drug-likeness (QED) is 0.639. The number of ketones is 1. The second-order valence-electron chi connectivity index (χ2n) is 7.58. The van der Waals surface area contributed by atoms with Crippen LogP contribution in [0.25, 0.3) is 0 Å². The Balaban J connectivity index is 1.53. The molecular weight excluding hydrogens is 378 g/mol. The number of H-pyrrole nitrogens is 1. The van der Waals surface area contributed by atoms with Gasteiger partial charge in [0, 0.05) is 16.7 Å². The van der Waals surface area contributed by atoms with Crippen molar-refractivity contribution in [3.05, 3.63) is 92.9 Å². The first kappa shape index (κ1) is 19.8. The predicted octanol–water partition coefficient (Wildman–Crippen LogP) is 3.62. The van der Waals surface area contributed by atoms with E-state index >= 15 is 0 Å². The van der Waals surface area contributed by atoms with Gasteiger partial charge in [0.2, 0.25) is 11.9 Å². The van der Waals surface area contributed by atoms with E-state index in [1.165, 1.54) is 0 Å². The van der Waals surface area contributed by atoms with Crippen molar-refractivity contribution in [2.24, 2.45) is 0 Å². The van der Waals surface area contributed by atoms with E-state index in [-0.39, 0.29) is 23.2 Å². The zero-order valence-electron chi connectivity index (χ0n) is 16.8. The number of anilines is 1. The fraction of sp³-hybridized carbons (Fsp3) is 0.250. The molecule has 3 aromatic rings. The number of aromatic nitrogens is 2. The smallest absolute Gasteiger partial charge is 0.255 e. The average molecular weight is 401 g/mol. The predicted molar refractivity (Wildman–Crippen MR) is 115 cm³/mol. The summed E-state index contributed by atoms with van der Waals surface area (Å²) >= 11 is 0. The second-order valence-corrected chi connectivity index (χ2v) is 7.58. The third-order valence-electron chi connectivity index (χ3n) is 5.51. The molecule has 1 amide bonds. The van der Waals surface area contributed by atoms with Crippen LogP contribution in [0, 0.1) is 0 Å². The van der Waals surface area contributed by atoms with Crippen LogP contribution in [-0.4, -0.2) is 21.7 Å². The summed E-state index contributed by atoms with van der Waals surface area (Å²) in [6.07, 6.45) is 3.46. The molecule has 4 rings (SSSR count). The normalized spacial score (nSPS) is 13.9. The number of hydrogen-bond donors (Lipinski definition) is 2. The fourth-order valence-corrected chi connectivity index (χ4v) is 3.74. The number of nitrogens with zero attached hydrogens (tertiary/aromatic N) is 1. The Morgan fingerprint density at radius 3 is 2.53 bits per heavy atom. The van der Waals surface area contributed by atoms with Gasteiger partial charge in [-0.05, 0) is 44.2 Å². The number of carbonyl (C=O) groups excluding carboxylic acids is 2. The molecule has 0 bridgehead atoms. The van der Waals surface area contributed by atoms with E-state index in [0.29, 0.717) is 11.1 Å². The molecule has 6 nitrogen and oxygen atoms in total. The van der Waals surface area contributed by atoms with Crippen LogP contribution >= 0.6 is 0 Å². The molecule has 1 unspecified atom stereocenters. The number of nitrogens with one attached hydrogen (secondary N) is 2. The van der Waals surface area contributed by atoms with Crippen LogP contribution in [0.15, 0.2) is 59.4 Å². The lowest BCUT2D eigenvalue weighted by atomic mass is 9.95. The van der Waals surface area contributed by atoms with Crippen LogP contribution in [0.4, 0.5) is 5.95 Å². The maximum Gasteiger partial charge on any atom is 0.255 e. The SMILES string of the molecule is CC(C(=O)Nc1nc2c(c(=O)[nH]1)CCCC2)c1cccc(C(=O)c2ccccc2)c1. The van der Waals surface area contributed by atoms with Crippen molar-refractivity contribution >= 4 is 17.6 Å². The molecule has 0 saturated carbocycles. The Labute approximate surface area is 174 Å². The van der Waals surface area contributed by atoms with E-state index < -0.39 is 5.92 Å². The number of carbonyl (C=O) groups is 2. The Morgan fingerprint density at radius 1 is 1.00 bits per heavy atom. The van der Waals surface area contributed by atoms with Crippen LogP contribution < -0.4 is 10.9 Å². The molecule has 6 heteroatoms. The van der Waals surface area contributed by atoms with Gasteiger partial charge >= 0.3 is 0 Å². The molecule has 30 heavy (non-hydrogen) atoms. The molecule has 0 aliphatic heterocycles. The lowest BCUT2D eigenvalue weighted by Gasteiger charge is -2.16. The van der Waals surface area contributed by atoms with Gasteiger partial charge < -0.3 is 0 Å². The molecule has 1 aromatic heterocycles. The molecule has 1 aliphatic carbocycles. The zero-order chi connectivity index (χ0) is 21.1. The van der Waals surface area contributed by atoms with E-state index in [0.717, 1.165) is 42.5 Å². The third kappa shape index (κ3) is 4.08. The van der Waals surface area contributed by atoms with Crippen LogP contribution in [0.1, 0.15) is 58.4 Å². The van der Waals surface area contributed by atoms with Gasteiger partial charge in [-0.25, -0.2) is 4.98 Å². The highest BCUT2D eigenvalue weighted by Gasteiger charge is 2.20. The third-order valence-corrected chi connectivity index (χ3v) is 5.51. The summed E-state index contributed by atoms with van der Waals surface area (Å²) in [5, 5.41) is 2.72. The maximum absolute atomic E-state index is 12.8. The summed E-state index contributed by atoms with van der Waals surface area (Å²) in [5.74, 6) is -0.729. The summed E-state index contributed by atoms with van der Waals surface area (Å²) in [7, 11) is 0. The van der Waals surface area contributed by atoms with Gasteiger partial charge in [-0.2, -0.15) is 0 Å². The van der Waals surface area contributed by atoms with Gasteiger partial charge in [0.05, 0.1) is 11.6 Å². The van der Waals surface area contributed by atoms with Crippen LogP contribution in [0.2, 0.25) is 0 Å². The molecule has 1 atom stereocenters.